The second kappa shape index (κ2) is 6.51. The van der Waals surface area contributed by atoms with Crippen molar-refractivity contribution in [2.24, 2.45) is 0 Å². The van der Waals surface area contributed by atoms with Gasteiger partial charge in [-0.3, -0.25) is 15.1 Å². The van der Waals surface area contributed by atoms with Gasteiger partial charge in [-0.05, 0) is 34.8 Å². The van der Waals surface area contributed by atoms with Crippen molar-refractivity contribution in [3.8, 4) is 0 Å². The number of nitrogens with zero attached hydrogens (tertiary/aromatic N) is 4. The summed E-state index contributed by atoms with van der Waals surface area (Å²) in [6.45, 7) is 3.99. The Bertz CT molecular complexity index is 632. The first-order valence-electron chi connectivity index (χ1n) is 6.28. The SMILES string of the molecule is CCc1nnc(NC(=O)c2cncc(Br)c2)nc1CC. The molecule has 104 valence electrons. The third-order valence-electron chi connectivity index (χ3n) is 2.70. The van der Waals surface area contributed by atoms with Crippen molar-refractivity contribution in [1.29, 1.82) is 0 Å². The maximum Gasteiger partial charge on any atom is 0.259 e. The Labute approximate surface area is 125 Å². The molecule has 20 heavy (non-hydrogen) atoms. The molecule has 0 saturated carbocycles. The van der Waals surface area contributed by atoms with Crippen LogP contribution in [0.15, 0.2) is 22.9 Å². The number of rotatable bonds is 4. The molecule has 0 unspecified atom stereocenters. The second-order valence-corrected chi connectivity index (χ2v) is 5.00. The van der Waals surface area contributed by atoms with Gasteiger partial charge >= 0.3 is 0 Å². The summed E-state index contributed by atoms with van der Waals surface area (Å²) >= 11 is 3.27. The lowest BCUT2D eigenvalue weighted by Crippen LogP contribution is -2.16. The van der Waals surface area contributed by atoms with Crippen LogP contribution >= 0.6 is 15.9 Å². The van der Waals surface area contributed by atoms with E-state index in [2.05, 4.69) is 41.4 Å². The van der Waals surface area contributed by atoms with Gasteiger partial charge in [0.05, 0.1) is 17.0 Å². The van der Waals surface area contributed by atoms with E-state index >= 15 is 0 Å². The monoisotopic (exact) mass is 335 g/mol. The summed E-state index contributed by atoms with van der Waals surface area (Å²) < 4.78 is 0.736. The van der Waals surface area contributed by atoms with Crippen LogP contribution in [0, 0.1) is 0 Å². The standard InChI is InChI=1S/C13H14BrN5O/c1-3-10-11(4-2)18-19-13(16-10)17-12(20)8-5-9(14)7-15-6-8/h5-7H,3-4H2,1-2H3,(H,16,17,19,20). The van der Waals surface area contributed by atoms with E-state index in [1.165, 1.54) is 6.20 Å². The number of hydrogen-bond acceptors (Lipinski definition) is 5. The number of carbonyl (C=O) groups excluding carboxylic acids is 1. The Hall–Kier alpha value is -1.89. The molecule has 0 bridgehead atoms. The fraction of sp³-hybridized carbons (Fsp3) is 0.308. The van der Waals surface area contributed by atoms with E-state index in [0.717, 1.165) is 28.7 Å². The number of amides is 1. The van der Waals surface area contributed by atoms with Gasteiger partial charge in [-0.25, -0.2) is 4.98 Å². The van der Waals surface area contributed by atoms with Crippen molar-refractivity contribution in [2.75, 3.05) is 5.32 Å². The highest BCUT2D eigenvalue weighted by atomic mass is 79.9. The number of aromatic nitrogens is 4. The Balaban J connectivity index is 2.19. The zero-order valence-electron chi connectivity index (χ0n) is 11.2. The van der Waals surface area contributed by atoms with Crippen molar-refractivity contribution >= 4 is 27.8 Å². The quantitative estimate of drug-likeness (QED) is 0.927. The molecule has 7 heteroatoms. The van der Waals surface area contributed by atoms with Crippen LogP contribution < -0.4 is 5.32 Å². The number of aryl methyl sites for hydroxylation is 2. The molecule has 0 fully saturated rings. The van der Waals surface area contributed by atoms with E-state index in [4.69, 9.17) is 0 Å². The highest BCUT2D eigenvalue weighted by molar-refractivity contribution is 9.10. The summed E-state index contributed by atoms with van der Waals surface area (Å²) in [6, 6.07) is 1.68. The highest BCUT2D eigenvalue weighted by Crippen LogP contribution is 2.11. The van der Waals surface area contributed by atoms with Gasteiger partial charge in [-0.1, -0.05) is 13.8 Å². The molecule has 0 aliphatic carbocycles. The first-order valence-corrected chi connectivity index (χ1v) is 7.07. The van der Waals surface area contributed by atoms with Crippen LogP contribution in [0.3, 0.4) is 0 Å². The number of carbonyl (C=O) groups is 1. The summed E-state index contributed by atoms with van der Waals surface area (Å²) in [5, 5.41) is 10.6. The zero-order valence-corrected chi connectivity index (χ0v) is 12.8. The number of pyridine rings is 1. The minimum atomic E-state index is -0.313. The molecule has 2 heterocycles. The van der Waals surface area contributed by atoms with Crippen molar-refractivity contribution in [3.05, 3.63) is 39.9 Å². The van der Waals surface area contributed by atoms with Crippen LogP contribution in [0.25, 0.3) is 0 Å². The zero-order chi connectivity index (χ0) is 14.5. The van der Waals surface area contributed by atoms with E-state index in [0.29, 0.717) is 5.56 Å². The topological polar surface area (TPSA) is 80.7 Å². The highest BCUT2D eigenvalue weighted by Gasteiger charge is 2.11. The molecule has 0 aliphatic rings. The molecule has 2 rings (SSSR count). The first-order chi connectivity index (χ1) is 9.63. The summed E-state index contributed by atoms with van der Waals surface area (Å²) in [4.78, 5) is 20.3. The van der Waals surface area contributed by atoms with Gasteiger partial charge in [-0.15, -0.1) is 10.2 Å². The molecule has 0 aromatic carbocycles. The second-order valence-electron chi connectivity index (χ2n) is 4.08. The normalized spacial score (nSPS) is 10.3. The molecule has 2 aromatic rings. The molecule has 0 saturated heterocycles. The van der Waals surface area contributed by atoms with Crippen LogP contribution in [0.4, 0.5) is 5.95 Å². The Morgan fingerprint density at radius 1 is 1.20 bits per heavy atom. The van der Waals surface area contributed by atoms with Crippen LogP contribution in [0.1, 0.15) is 35.6 Å². The number of halogens is 1. The summed E-state index contributed by atoms with van der Waals surface area (Å²) in [5.41, 5.74) is 2.14. The molecule has 0 radical (unpaired) electrons. The number of anilines is 1. The van der Waals surface area contributed by atoms with E-state index in [9.17, 15) is 4.79 Å². The molecule has 0 spiro atoms. The third-order valence-corrected chi connectivity index (χ3v) is 3.14. The molecule has 1 amide bonds. The van der Waals surface area contributed by atoms with Crippen molar-refractivity contribution in [2.45, 2.75) is 26.7 Å². The van der Waals surface area contributed by atoms with Gasteiger partial charge in [0.2, 0.25) is 5.95 Å². The fourth-order valence-electron chi connectivity index (χ4n) is 1.70. The third kappa shape index (κ3) is 3.36. The number of nitrogens with one attached hydrogen (secondary N) is 1. The molecular formula is C13H14BrN5O. The number of hydrogen-bond donors (Lipinski definition) is 1. The van der Waals surface area contributed by atoms with Gasteiger partial charge in [0.1, 0.15) is 0 Å². The molecule has 1 N–H and O–H groups in total. The average Bonchev–Trinajstić information content (AvgIpc) is 2.47. The van der Waals surface area contributed by atoms with E-state index in [-0.39, 0.29) is 11.9 Å². The van der Waals surface area contributed by atoms with E-state index in [1.807, 2.05) is 13.8 Å². The van der Waals surface area contributed by atoms with E-state index in [1.54, 1.807) is 12.3 Å². The van der Waals surface area contributed by atoms with Crippen LogP contribution in [0.5, 0.6) is 0 Å². The lowest BCUT2D eigenvalue weighted by atomic mass is 10.2. The fourth-order valence-corrected chi connectivity index (χ4v) is 2.07. The van der Waals surface area contributed by atoms with Crippen LogP contribution in [-0.2, 0) is 12.8 Å². The Morgan fingerprint density at radius 2 is 1.95 bits per heavy atom. The summed E-state index contributed by atoms with van der Waals surface area (Å²) in [7, 11) is 0. The van der Waals surface area contributed by atoms with Gasteiger partial charge < -0.3 is 0 Å². The van der Waals surface area contributed by atoms with E-state index < -0.39 is 0 Å². The van der Waals surface area contributed by atoms with Crippen LogP contribution in [-0.4, -0.2) is 26.1 Å². The molecular weight excluding hydrogens is 322 g/mol. The van der Waals surface area contributed by atoms with Crippen molar-refractivity contribution in [3.63, 3.8) is 0 Å². The van der Waals surface area contributed by atoms with Crippen molar-refractivity contribution < 1.29 is 4.79 Å². The molecule has 2 aromatic heterocycles. The minimum absolute atomic E-state index is 0.212. The van der Waals surface area contributed by atoms with Gasteiger partial charge in [0, 0.05) is 16.9 Å². The molecule has 0 atom stereocenters. The maximum absolute atomic E-state index is 12.0. The van der Waals surface area contributed by atoms with Gasteiger partial charge in [0.25, 0.3) is 5.91 Å². The predicted molar refractivity (Wildman–Crippen MR) is 78.5 cm³/mol. The lowest BCUT2D eigenvalue weighted by Gasteiger charge is -2.07. The Morgan fingerprint density at radius 3 is 2.60 bits per heavy atom. The average molecular weight is 336 g/mol. The lowest BCUT2D eigenvalue weighted by molar-refractivity contribution is 0.102. The minimum Gasteiger partial charge on any atom is -0.289 e. The maximum atomic E-state index is 12.0. The van der Waals surface area contributed by atoms with Gasteiger partial charge in [0.15, 0.2) is 0 Å². The predicted octanol–water partition coefficient (Wildman–Crippen LogP) is 2.41. The smallest absolute Gasteiger partial charge is 0.259 e. The first kappa shape index (κ1) is 14.5. The van der Waals surface area contributed by atoms with Crippen LogP contribution in [0.2, 0.25) is 0 Å². The summed E-state index contributed by atoms with van der Waals surface area (Å²) in [6.07, 6.45) is 4.61. The summed E-state index contributed by atoms with van der Waals surface area (Å²) in [5.74, 6) is -0.101. The van der Waals surface area contributed by atoms with Gasteiger partial charge in [-0.2, -0.15) is 0 Å². The largest absolute Gasteiger partial charge is 0.289 e. The molecule has 6 nitrogen and oxygen atoms in total. The Kier molecular flexibility index (Phi) is 4.73. The van der Waals surface area contributed by atoms with Crippen molar-refractivity contribution in [1.82, 2.24) is 20.2 Å². The molecule has 0 aliphatic heterocycles.